The van der Waals surface area contributed by atoms with Gasteiger partial charge in [0.25, 0.3) is 0 Å². The number of nitrogens with zero attached hydrogens (tertiary/aromatic N) is 1. The van der Waals surface area contributed by atoms with E-state index in [0.717, 1.165) is 11.8 Å². The van der Waals surface area contributed by atoms with Crippen molar-refractivity contribution in [2.45, 2.75) is 223 Å². The Morgan fingerprint density at radius 1 is 0.470 bits per heavy atom. The number of aliphatic carboxylic acids is 2. The van der Waals surface area contributed by atoms with Crippen molar-refractivity contribution in [3.63, 3.8) is 0 Å². The second-order valence-electron chi connectivity index (χ2n) is 24.6. The molecular formula is C60H102N16O22S2. The number of primary amides is 2. The second kappa shape index (κ2) is 44.6. The molecular weight excluding hydrogens is 1360 g/mol. The first-order chi connectivity index (χ1) is 46.7. The van der Waals surface area contributed by atoms with Crippen molar-refractivity contribution < 1.29 is 107 Å². The average Bonchev–Trinajstić information content (AvgIpc) is 1.56. The number of carbonyl (C=O) groups excluding carboxylic acids is 15. The monoisotopic (exact) mass is 1460 g/mol. The Kier molecular flexibility index (Phi) is 40.0. The Bertz CT molecular complexity index is 2890. The van der Waals surface area contributed by atoms with E-state index in [2.05, 4.69) is 63.8 Å². The quantitative estimate of drug-likeness (QED) is 0.0269. The molecule has 17 unspecified atom stereocenters. The van der Waals surface area contributed by atoms with Gasteiger partial charge in [-0.25, -0.2) is 4.79 Å². The first-order valence-corrected chi connectivity index (χ1v) is 35.1. The highest BCUT2D eigenvalue weighted by Crippen LogP contribution is 2.21. The number of nitrogens with one attached hydrogen (secondary N) is 12. The summed E-state index contributed by atoms with van der Waals surface area (Å²) in [7, 11) is 0. The van der Waals surface area contributed by atoms with Crippen LogP contribution in [0.15, 0.2) is 0 Å². The Labute approximate surface area is 587 Å². The molecule has 0 aromatic heterocycles. The van der Waals surface area contributed by atoms with Gasteiger partial charge < -0.3 is 111 Å². The highest BCUT2D eigenvalue weighted by Gasteiger charge is 2.42. The van der Waals surface area contributed by atoms with Crippen LogP contribution in [-0.4, -0.2) is 265 Å². The van der Waals surface area contributed by atoms with Gasteiger partial charge >= 0.3 is 11.9 Å². The van der Waals surface area contributed by atoms with E-state index in [1.807, 2.05) is 0 Å². The lowest BCUT2D eigenvalue weighted by Gasteiger charge is -2.31. The van der Waals surface area contributed by atoms with Crippen molar-refractivity contribution in [2.75, 3.05) is 37.2 Å². The van der Waals surface area contributed by atoms with Crippen molar-refractivity contribution in [1.82, 2.24) is 68.7 Å². The number of amides is 15. The van der Waals surface area contributed by atoms with Crippen LogP contribution in [0.5, 0.6) is 0 Å². The first-order valence-electron chi connectivity index (χ1n) is 32.3. The second-order valence-corrected chi connectivity index (χ2v) is 26.5. The number of carbonyl (C=O) groups is 17. The van der Waals surface area contributed by atoms with Gasteiger partial charge in [0.1, 0.15) is 78.5 Å². The van der Waals surface area contributed by atoms with Crippen LogP contribution >= 0.6 is 23.5 Å². The molecule has 0 aliphatic carbocycles. The molecule has 0 spiro atoms. The lowest BCUT2D eigenvalue weighted by Crippen LogP contribution is -2.63. The Morgan fingerprint density at radius 3 is 1.36 bits per heavy atom. The van der Waals surface area contributed by atoms with Crippen LogP contribution in [0.3, 0.4) is 0 Å². The fourth-order valence-corrected chi connectivity index (χ4v) is 10.6. The highest BCUT2D eigenvalue weighted by molar-refractivity contribution is 7.98. The van der Waals surface area contributed by atoms with Crippen LogP contribution in [-0.2, 0) is 81.5 Å². The molecule has 23 N–H and O–H groups in total. The summed E-state index contributed by atoms with van der Waals surface area (Å²) in [5, 5.41) is 79.0. The molecule has 0 saturated carbocycles. The Balaban J connectivity index is 3.36. The van der Waals surface area contributed by atoms with Crippen molar-refractivity contribution in [2.24, 2.45) is 29.0 Å². The minimum atomic E-state index is -1.97. The number of aliphatic hydroxyl groups is 3. The number of aliphatic hydroxyl groups excluding tert-OH is 3. The third-order valence-corrected chi connectivity index (χ3v) is 17.1. The minimum Gasteiger partial charge on any atom is -0.481 e. The summed E-state index contributed by atoms with van der Waals surface area (Å²) < 4.78 is 0. The topological polar surface area (TPSA) is 617 Å². The molecule has 1 aliphatic rings. The van der Waals surface area contributed by atoms with Gasteiger partial charge in [-0.1, -0.05) is 34.1 Å². The number of hydrogen-bond acceptors (Lipinski definition) is 23. The SMILES string of the molecule is CCC(C)C(NC(=O)C(NC(=O)C(C)NC(=O)C1CCCN1C(=O)C(CC(N)=O)NC(=O)C(NC(=O)C(NC(=O)C(CCC(N)=O)NC(=O)C(CO)NC(=O)C(CCSC)NC(=O)C(C)NC(=O)C(CCC(=O)O)NC(=O)C(C)N)C(C)C)C(C)O)C(C)O)C(=O)NC(CCSC)C(=O)O. The summed E-state index contributed by atoms with van der Waals surface area (Å²) in [6.45, 7) is 10.9. The molecule has 1 heterocycles. The molecule has 17 atom stereocenters. The lowest BCUT2D eigenvalue weighted by atomic mass is 9.97. The van der Waals surface area contributed by atoms with E-state index < -0.39 is 241 Å². The number of carboxylic acid groups (broad SMARTS) is 2. The molecule has 1 saturated heterocycles. The van der Waals surface area contributed by atoms with Gasteiger partial charge in [0.2, 0.25) is 88.6 Å². The van der Waals surface area contributed by atoms with Crippen LogP contribution in [0.4, 0.5) is 0 Å². The summed E-state index contributed by atoms with van der Waals surface area (Å²) in [5.74, 6) is -18.9. The normalized spacial score (nSPS) is 17.5. The molecule has 0 aromatic carbocycles. The lowest BCUT2D eigenvalue weighted by molar-refractivity contribution is -0.144. The average molecular weight is 1460 g/mol. The predicted molar refractivity (Wildman–Crippen MR) is 360 cm³/mol. The minimum absolute atomic E-state index is 0.0181. The number of carboxylic acids is 2. The van der Waals surface area contributed by atoms with Crippen LogP contribution in [0, 0.1) is 11.8 Å². The van der Waals surface area contributed by atoms with Crippen molar-refractivity contribution in [3.8, 4) is 0 Å². The van der Waals surface area contributed by atoms with E-state index in [1.54, 1.807) is 26.4 Å². The van der Waals surface area contributed by atoms with Crippen LogP contribution in [0.2, 0.25) is 0 Å². The Hall–Kier alpha value is -8.47. The summed E-state index contributed by atoms with van der Waals surface area (Å²) >= 11 is 2.61. The smallest absolute Gasteiger partial charge is 0.326 e. The molecule has 38 nitrogen and oxygen atoms in total. The first kappa shape index (κ1) is 89.5. The zero-order chi connectivity index (χ0) is 76.6. The summed E-state index contributed by atoms with van der Waals surface area (Å²) in [5.41, 5.74) is 16.5. The Morgan fingerprint density at radius 2 is 0.870 bits per heavy atom. The summed E-state index contributed by atoms with van der Waals surface area (Å²) in [6, 6.07) is -21.6. The molecule has 1 fully saturated rings. The van der Waals surface area contributed by atoms with Gasteiger partial charge in [0, 0.05) is 19.4 Å². The van der Waals surface area contributed by atoms with Gasteiger partial charge in [-0.05, 0) is 109 Å². The maximum absolute atomic E-state index is 14.3. The zero-order valence-electron chi connectivity index (χ0n) is 58.0. The largest absolute Gasteiger partial charge is 0.481 e. The molecule has 0 aromatic rings. The molecule has 0 radical (unpaired) electrons. The van der Waals surface area contributed by atoms with E-state index in [9.17, 15) is 102 Å². The fourth-order valence-electron chi connectivity index (χ4n) is 9.68. The standard InChI is InChI=1S/C60H102N16O22S2/c1-12-27(4)44(56(93)69-36(60(97)98)20-23-100-11)73-58(95)46(32(9)79)74-49(86)30(7)65-54(91)39-14-13-21-76(39)59(96)37(24-41(63)81)70-57(94)45(31(8)78)75-55(92)43(26(2)3)72-52(89)33(15-17-40(62)80)68-53(90)38(25-77)71-51(88)35(19-22-99-10)67-48(85)29(6)64-50(87)34(16-18-42(82)83)66-47(84)28(5)61/h26-39,43-46,77-79H,12-25,61H2,1-11H3,(H2,62,80)(H2,63,81)(H,64,87)(H,65,91)(H,66,84)(H,67,85)(H,68,90)(H,69,93)(H,70,94)(H,71,88)(H,72,89)(H,73,95)(H,74,86)(H,75,92)(H,82,83)(H,97,98). The number of likely N-dealkylation sites (tertiary alicyclic amines) is 1. The van der Waals surface area contributed by atoms with Gasteiger partial charge in [-0.2, -0.15) is 23.5 Å². The van der Waals surface area contributed by atoms with E-state index in [-0.39, 0.29) is 44.4 Å². The van der Waals surface area contributed by atoms with Crippen molar-refractivity contribution in [3.05, 3.63) is 0 Å². The van der Waals surface area contributed by atoms with Crippen molar-refractivity contribution in [1.29, 1.82) is 0 Å². The molecule has 15 amide bonds. The predicted octanol–water partition coefficient (Wildman–Crippen LogP) is -7.77. The van der Waals surface area contributed by atoms with Crippen molar-refractivity contribution >= 4 is 124 Å². The summed E-state index contributed by atoms with van der Waals surface area (Å²) in [4.78, 5) is 226. The van der Waals surface area contributed by atoms with Crippen LogP contribution in [0.1, 0.15) is 127 Å². The fraction of sp³-hybridized carbons (Fsp3) is 0.717. The maximum Gasteiger partial charge on any atom is 0.326 e. The highest BCUT2D eigenvalue weighted by atomic mass is 32.2. The molecule has 100 heavy (non-hydrogen) atoms. The number of rotatable bonds is 46. The van der Waals surface area contributed by atoms with E-state index in [1.165, 1.54) is 65.1 Å². The molecule has 40 heteroatoms. The molecule has 0 bridgehead atoms. The van der Waals surface area contributed by atoms with Gasteiger partial charge in [0.15, 0.2) is 0 Å². The maximum atomic E-state index is 14.3. The third kappa shape index (κ3) is 30.6. The number of hydrogen-bond donors (Lipinski definition) is 20. The van der Waals surface area contributed by atoms with E-state index in [0.29, 0.717) is 12.2 Å². The van der Waals surface area contributed by atoms with Gasteiger partial charge in [-0.15, -0.1) is 0 Å². The molecule has 1 rings (SSSR count). The summed E-state index contributed by atoms with van der Waals surface area (Å²) in [6.07, 6.45) is -2.38. The van der Waals surface area contributed by atoms with E-state index >= 15 is 0 Å². The zero-order valence-corrected chi connectivity index (χ0v) is 59.6. The number of nitrogens with two attached hydrogens (primary N) is 3. The third-order valence-electron chi connectivity index (χ3n) is 15.8. The molecule has 1 aliphatic heterocycles. The van der Waals surface area contributed by atoms with Gasteiger partial charge in [-0.3, -0.25) is 76.7 Å². The molecule has 566 valence electrons. The van der Waals surface area contributed by atoms with E-state index in [4.69, 9.17) is 22.3 Å². The van der Waals surface area contributed by atoms with Gasteiger partial charge in [0.05, 0.1) is 31.3 Å². The van der Waals surface area contributed by atoms with Crippen LogP contribution in [0.25, 0.3) is 0 Å². The van der Waals surface area contributed by atoms with Crippen LogP contribution < -0.4 is 81.0 Å². The number of thioether (sulfide) groups is 2.